The summed E-state index contributed by atoms with van der Waals surface area (Å²) in [5.41, 5.74) is 2.02. The van der Waals surface area contributed by atoms with E-state index in [0.717, 1.165) is 5.56 Å². The second-order valence-corrected chi connectivity index (χ2v) is 7.83. The summed E-state index contributed by atoms with van der Waals surface area (Å²) in [5, 5.41) is 2.79. The molecule has 0 spiro atoms. The van der Waals surface area contributed by atoms with Crippen molar-refractivity contribution in [3.05, 3.63) is 53.3 Å². The van der Waals surface area contributed by atoms with Gasteiger partial charge in [0, 0.05) is 6.42 Å². The van der Waals surface area contributed by atoms with Gasteiger partial charge in [-0.25, -0.2) is 8.78 Å². The first-order valence-corrected chi connectivity index (χ1v) is 9.48. The van der Waals surface area contributed by atoms with Crippen LogP contribution in [0.4, 0.5) is 8.78 Å². The number of amides is 1. The molecule has 29 heavy (non-hydrogen) atoms. The van der Waals surface area contributed by atoms with Crippen LogP contribution in [0, 0.1) is 0 Å². The van der Waals surface area contributed by atoms with Crippen LogP contribution in [0.5, 0.6) is 11.5 Å². The highest BCUT2D eigenvalue weighted by Crippen LogP contribution is 2.28. The van der Waals surface area contributed by atoms with Crippen molar-refractivity contribution in [2.75, 3.05) is 13.7 Å². The van der Waals surface area contributed by atoms with E-state index in [0.29, 0.717) is 17.0 Å². The number of carbonyl (C=O) groups is 1. The third-order valence-corrected chi connectivity index (χ3v) is 4.51. The standard InChI is InChI=1S/C22H28F2N2O3/c1-6-22(23,24)14-29-17-9-8-16(25-13-17)12-26-20(27)18-10-7-15(21(2,3)4)11-19(18)28-5/h7-11,13H,6,12,14H2,1-5H3,(H,26,27). The lowest BCUT2D eigenvalue weighted by molar-refractivity contribution is -0.0437. The summed E-state index contributed by atoms with van der Waals surface area (Å²) in [6.45, 7) is 7.16. The van der Waals surface area contributed by atoms with Crippen molar-refractivity contribution in [1.82, 2.24) is 10.3 Å². The first kappa shape index (κ1) is 22.6. The molecule has 1 aromatic heterocycles. The van der Waals surface area contributed by atoms with Gasteiger partial charge in [0.2, 0.25) is 0 Å². The van der Waals surface area contributed by atoms with E-state index in [1.807, 2.05) is 12.1 Å². The van der Waals surface area contributed by atoms with Gasteiger partial charge in [0.15, 0.2) is 6.61 Å². The van der Waals surface area contributed by atoms with Gasteiger partial charge >= 0.3 is 0 Å². The zero-order valence-corrected chi connectivity index (χ0v) is 17.5. The van der Waals surface area contributed by atoms with Crippen LogP contribution in [0.3, 0.4) is 0 Å². The Bertz CT molecular complexity index is 831. The average Bonchev–Trinajstić information content (AvgIpc) is 2.70. The van der Waals surface area contributed by atoms with Crippen LogP contribution in [-0.2, 0) is 12.0 Å². The molecular weight excluding hydrogens is 378 g/mol. The molecular formula is C22H28F2N2O3. The van der Waals surface area contributed by atoms with Crippen LogP contribution in [0.2, 0.25) is 0 Å². The molecule has 0 radical (unpaired) electrons. The molecule has 7 heteroatoms. The maximum atomic E-state index is 13.2. The first-order valence-electron chi connectivity index (χ1n) is 9.48. The lowest BCUT2D eigenvalue weighted by atomic mass is 9.86. The number of nitrogens with one attached hydrogen (secondary N) is 1. The minimum atomic E-state index is -2.87. The first-order chi connectivity index (χ1) is 13.6. The molecule has 1 N–H and O–H groups in total. The molecule has 0 aliphatic carbocycles. The number of alkyl halides is 2. The van der Waals surface area contributed by atoms with E-state index in [1.54, 1.807) is 18.2 Å². The van der Waals surface area contributed by atoms with Gasteiger partial charge in [-0.05, 0) is 35.2 Å². The van der Waals surface area contributed by atoms with Crippen LogP contribution in [0.15, 0.2) is 36.5 Å². The number of carbonyl (C=O) groups excluding carboxylic acids is 1. The quantitative estimate of drug-likeness (QED) is 0.688. The third-order valence-electron chi connectivity index (χ3n) is 4.51. The molecule has 158 valence electrons. The molecule has 0 bridgehead atoms. The van der Waals surface area contributed by atoms with Crippen molar-refractivity contribution in [1.29, 1.82) is 0 Å². The highest BCUT2D eigenvalue weighted by atomic mass is 19.3. The lowest BCUT2D eigenvalue weighted by Crippen LogP contribution is -2.25. The predicted molar refractivity (Wildman–Crippen MR) is 108 cm³/mol. The molecule has 0 unspecified atom stereocenters. The van der Waals surface area contributed by atoms with Crippen LogP contribution >= 0.6 is 0 Å². The molecule has 0 aliphatic rings. The number of hydrogen-bond donors (Lipinski definition) is 1. The summed E-state index contributed by atoms with van der Waals surface area (Å²) in [7, 11) is 1.53. The van der Waals surface area contributed by atoms with Crippen LogP contribution in [0.25, 0.3) is 0 Å². The van der Waals surface area contributed by atoms with E-state index >= 15 is 0 Å². The number of benzene rings is 1. The summed E-state index contributed by atoms with van der Waals surface area (Å²) in [4.78, 5) is 16.7. The smallest absolute Gasteiger partial charge is 0.281 e. The molecule has 5 nitrogen and oxygen atoms in total. The van der Waals surface area contributed by atoms with Crippen molar-refractivity contribution < 1.29 is 23.0 Å². The molecule has 0 saturated carbocycles. The fraction of sp³-hybridized carbons (Fsp3) is 0.455. The fourth-order valence-corrected chi connectivity index (χ4v) is 2.50. The van der Waals surface area contributed by atoms with E-state index in [1.165, 1.54) is 20.2 Å². The predicted octanol–water partition coefficient (Wildman–Crippen LogP) is 4.74. The van der Waals surface area contributed by atoms with Crippen LogP contribution < -0.4 is 14.8 Å². The van der Waals surface area contributed by atoms with Crippen molar-refractivity contribution in [2.45, 2.75) is 52.0 Å². The molecule has 0 saturated heterocycles. The average molecular weight is 406 g/mol. The van der Waals surface area contributed by atoms with Crippen molar-refractivity contribution in [3.63, 3.8) is 0 Å². The van der Waals surface area contributed by atoms with Gasteiger partial charge in [-0.2, -0.15) is 0 Å². The molecule has 0 atom stereocenters. The van der Waals surface area contributed by atoms with Gasteiger partial charge in [0.05, 0.1) is 31.1 Å². The minimum absolute atomic E-state index is 0.0584. The Balaban J connectivity index is 1.98. The van der Waals surface area contributed by atoms with Gasteiger partial charge < -0.3 is 14.8 Å². The van der Waals surface area contributed by atoms with Crippen molar-refractivity contribution in [3.8, 4) is 11.5 Å². The Hall–Kier alpha value is -2.70. The topological polar surface area (TPSA) is 60.5 Å². The van der Waals surface area contributed by atoms with Gasteiger partial charge in [0.25, 0.3) is 11.8 Å². The summed E-state index contributed by atoms with van der Waals surface area (Å²) in [5.74, 6) is -2.39. The summed E-state index contributed by atoms with van der Waals surface area (Å²) >= 11 is 0. The van der Waals surface area contributed by atoms with E-state index in [9.17, 15) is 13.6 Å². The molecule has 1 heterocycles. The maximum Gasteiger partial charge on any atom is 0.281 e. The number of aromatic nitrogens is 1. The largest absolute Gasteiger partial charge is 0.496 e. The molecule has 1 aromatic carbocycles. The molecule has 2 rings (SSSR count). The van der Waals surface area contributed by atoms with E-state index in [2.05, 4.69) is 31.1 Å². The van der Waals surface area contributed by atoms with Gasteiger partial charge in [-0.1, -0.05) is 33.8 Å². The highest BCUT2D eigenvalue weighted by Gasteiger charge is 2.27. The Labute approximate surface area is 170 Å². The number of methoxy groups -OCH3 is 1. The monoisotopic (exact) mass is 406 g/mol. The molecule has 1 amide bonds. The normalized spacial score (nSPS) is 11.8. The number of ether oxygens (including phenoxy) is 2. The SMILES string of the molecule is CCC(F)(F)COc1ccc(CNC(=O)c2ccc(C(C)(C)C)cc2OC)nc1. The third kappa shape index (κ3) is 6.41. The summed E-state index contributed by atoms with van der Waals surface area (Å²) < 4.78 is 36.9. The second-order valence-electron chi connectivity index (χ2n) is 7.83. The van der Waals surface area contributed by atoms with E-state index in [4.69, 9.17) is 9.47 Å². The van der Waals surface area contributed by atoms with Crippen LogP contribution in [0.1, 0.15) is 55.7 Å². The Kier molecular flexibility index (Phi) is 7.16. The minimum Gasteiger partial charge on any atom is -0.496 e. The maximum absolute atomic E-state index is 13.2. The summed E-state index contributed by atoms with van der Waals surface area (Å²) in [6, 6.07) is 8.70. The number of halogens is 2. The zero-order valence-electron chi connectivity index (χ0n) is 17.5. The van der Waals surface area contributed by atoms with Gasteiger partial charge in [-0.15, -0.1) is 0 Å². The fourth-order valence-electron chi connectivity index (χ4n) is 2.50. The Morgan fingerprint density at radius 2 is 1.90 bits per heavy atom. The van der Waals surface area contributed by atoms with Crippen LogP contribution in [-0.4, -0.2) is 30.5 Å². The lowest BCUT2D eigenvalue weighted by Gasteiger charge is -2.20. The van der Waals surface area contributed by atoms with Crippen molar-refractivity contribution >= 4 is 5.91 Å². The highest BCUT2D eigenvalue weighted by molar-refractivity contribution is 5.97. The zero-order chi connectivity index (χ0) is 21.7. The molecule has 0 fully saturated rings. The number of rotatable bonds is 8. The summed E-state index contributed by atoms with van der Waals surface area (Å²) in [6.07, 6.45) is 1.08. The molecule has 0 aliphatic heterocycles. The van der Waals surface area contributed by atoms with Gasteiger partial charge in [0.1, 0.15) is 11.5 Å². The number of hydrogen-bond acceptors (Lipinski definition) is 4. The van der Waals surface area contributed by atoms with Gasteiger partial charge in [-0.3, -0.25) is 9.78 Å². The Morgan fingerprint density at radius 3 is 2.45 bits per heavy atom. The number of pyridine rings is 1. The number of nitrogens with zero attached hydrogens (tertiary/aromatic N) is 1. The second kappa shape index (κ2) is 9.20. The van der Waals surface area contributed by atoms with Crippen molar-refractivity contribution in [2.24, 2.45) is 0 Å². The molecule has 2 aromatic rings. The van der Waals surface area contributed by atoms with E-state index < -0.39 is 12.5 Å². The Morgan fingerprint density at radius 1 is 1.17 bits per heavy atom. The van der Waals surface area contributed by atoms with E-state index in [-0.39, 0.29) is 30.0 Å².